The van der Waals surface area contributed by atoms with Crippen molar-refractivity contribution < 1.29 is 27.8 Å². The molecular formula is C23H23Cl2F3N2O3. The Bertz CT molecular complexity index is 1030. The van der Waals surface area contributed by atoms with E-state index in [2.05, 4.69) is 10.3 Å². The third-order valence-electron chi connectivity index (χ3n) is 6.13. The van der Waals surface area contributed by atoms with E-state index in [1.165, 1.54) is 24.4 Å². The van der Waals surface area contributed by atoms with Crippen molar-refractivity contribution in [3.63, 3.8) is 0 Å². The monoisotopic (exact) mass is 502 g/mol. The molecule has 2 aliphatic rings. The summed E-state index contributed by atoms with van der Waals surface area (Å²) in [6, 6.07) is 5.58. The Morgan fingerprint density at radius 3 is 2.64 bits per heavy atom. The molecule has 0 radical (unpaired) electrons. The summed E-state index contributed by atoms with van der Waals surface area (Å²) in [5, 5.41) is 13.9. The van der Waals surface area contributed by atoms with Crippen molar-refractivity contribution in [2.24, 2.45) is 5.92 Å². The average Bonchev–Trinajstić information content (AvgIpc) is 3.54. The van der Waals surface area contributed by atoms with E-state index in [0.717, 1.165) is 25.7 Å². The lowest BCUT2D eigenvalue weighted by Gasteiger charge is -2.27. The highest BCUT2D eigenvalue weighted by molar-refractivity contribution is 6.42. The Morgan fingerprint density at radius 1 is 1.18 bits per heavy atom. The van der Waals surface area contributed by atoms with Crippen LogP contribution in [0.2, 0.25) is 10.0 Å². The third kappa shape index (κ3) is 5.98. The number of aliphatic hydroxyl groups is 1. The normalized spacial score (nSPS) is 25.0. The van der Waals surface area contributed by atoms with Gasteiger partial charge in [-0.15, -0.1) is 0 Å². The molecule has 1 aliphatic heterocycles. The molecule has 4 rings (SSSR count). The molecule has 1 saturated heterocycles. The van der Waals surface area contributed by atoms with E-state index >= 15 is 0 Å². The average molecular weight is 503 g/mol. The molecule has 0 spiro atoms. The van der Waals surface area contributed by atoms with Gasteiger partial charge in [0.1, 0.15) is 0 Å². The molecule has 2 fully saturated rings. The fourth-order valence-electron chi connectivity index (χ4n) is 4.33. The number of nitrogens with zero attached hydrogens (tertiary/aromatic N) is 1. The zero-order chi connectivity index (χ0) is 23.8. The van der Waals surface area contributed by atoms with Gasteiger partial charge in [0, 0.05) is 23.4 Å². The second-order valence-electron chi connectivity index (χ2n) is 8.57. The Labute approximate surface area is 199 Å². The quantitative estimate of drug-likeness (QED) is 0.388. The van der Waals surface area contributed by atoms with E-state index in [0.29, 0.717) is 12.0 Å². The number of ketones is 1. The van der Waals surface area contributed by atoms with Gasteiger partial charge in [-0.2, -0.15) is 13.2 Å². The van der Waals surface area contributed by atoms with E-state index < -0.39 is 18.8 Å². The maximum absolute atomic E-state index is 13.0. The first-order valence-electron chi connectivity index (χ1n) is 10.8. The van der Waals surface area contributed by atoms with Gasteiger partial charge >= 0.3 is 6.18 Å². The zero-order valence-corrected chi connectivity index (χ0v) is 19.1. The summed E-state index contributed by atoms with van der Waals surface area (Å²) < 4.78 is 43.0. The number of hydrogen-bond acceptors (Lipinski definition) is 5. The van der Waals surface area contributed by atoms with Crippen LogP contribution >= 0.6 is 23.2 Å². The van der Waals surface area contributed by atoms with Crippen LogP contribution in [0, 0.1) is 5.92 Å². The molecule has 1 aromatic carbocycles. The number of nitrogens with one attached hydrogen (secondary N) is 1. The van der Waals surface area contributed by atoms with Crippen molar-refractivity contribution in [3.8, 4) is 17.0 Å². The van der Waals surface area contributed by atoms with Gasteiger partial charge in [0.2, 0.25) is 5.88 Å². The second kappa shape index (κ2) is 9.78. The molecule has 1 aliphatic carbocycles. The molecule has 2 unspecified atom stereocenters. The SMILES string of the molecule is O=C(c1cnc(OCC(F)(F)F)c(-c2ccc(Cl)c(Cl)c2)c1)C1NC1C[C@H]1CCCC[C@H]1O. The minimum atomic E-state index is -4.54. The zero-order valence-electron chi connectivity index (χ0n) is 17.5. The smallest absolute Gasteiger partial charge is 0.422 e. The van der Waals surface area contributed by atoms with Crippen LogP contribution in [0.1, 0.15) is 42.5 Å². The lowest BCUT2D eigenvalue weighted by Crippen LogP contribution is -2.26. The molecule has 0 bridgehead atoms. The molecule has 2 aromatic rings. The number of hydrogen-bond donors (Lipinski definition) is 2. The Kier molecular flexibility index (Phi) is 7.19. The number of Topliss-reactive ketones (excluding diaryl/α,β-unsaturated/α-hetero) is 1. The van der Waals surface area contributed by atoms with Gasteiger partial charge < -0.3 is 15.2 Å². The number of carbonyl (C=O) groups is 1. The van der Waals surface area contributed by atoms with Crippen LogP contribution in [0.3, 0.4) is 0 Å². The first-order valence-corrected chi connectivity index (χ1v) is 11.5. The van der Waals surface area contributed by atoms with Crippen LogP contribution in [-0.4, -0.2) is 46.8 Å². The van der Waals surface area contributed by atoms with Gasteiger partial charge in [-0.25, -0.2) is 4.98 Å². The van der Waals surface area contributed by atoms with E-state index in [4.69, 9.17) is 27.9 Å². The first kappa shape index (κ1) is 24.3. The molecule has 0 amide bonds. The molecule has 10 heteroatoms. The van der Waals surface area contributed by atoms with Gasteiger partial charge in [0.05, 0.1) is 22.2 Å². The van der Waals surface area contributed by atoms with Crippen LogP contribution in [-0.2, 0) is 0 Å². The number of ether oxygens (including phenoxy) is 1. The van der Waals surface area contributed by atoms with E-state index in [-0.39, 0.29) is 50.9 Å². The highest BCUT2D eigenvalue weighted by Gasteiger charge is 2.44. The number of alkyl halides is 3. The van der Waals surface area contributed by atoms with Crippen LogP contribution in [0.25, 0.3) is 11.1 Å². The fraction of sp³-hybridized carbons (Fsp3) is 0.478. The van der Waals surface area contributed by atoms with Crippen molar-refractivity contribution in [1.82, 2.24) is 10.3 Å². The maximum Gasteiger partial charge on any atom is 0.422 e. The molecule has 4 atom stereocenters. The van der Waals surface area contributed by atoms with Crippen LogP contribution < -0.4 is 10.1 Å². The van der Waals surface area contributed by atoms with E-state index in [9.17, 15) is 23.1 Å². The van der Waals surface area contributed by atoms with Crippen molar-refractivity contribution >= 4 is 29.0 Å². The summed E-state index contributed by atoms with van der Waals surface area (Å²) in [5.41, 5.74) is 0.887. The van der Waals surface area contributed by atoms with Crippen molar-refractivity contribution in [2.75, 3.05) is 6.61 Å². The van der Waals surface area contributed by atoms with Gasteiger partial charge in [0.15, 0.2) is 12.4 Å². The number of carbonyl (C=O) groups excluding carboxylic acids is 1. The minimum Gasteiger partial charge on any atom is -0.468 e. The van der Waals surface area contributed by atoms with Gasteiger partial charge in [0.25, 0.3) is 0 Å². The third-order valence-corrected chi connectivity index (χ3v) is 6.87. The molecule has 1 saturated carbocycles. The summed E-state index contributed by atoms with van der Waals surface area (Å²) >= 11 is 12.0. The lowest BCUT2D eigenvalue weighted by molar-refractivity contribution is -0.154. The topological polar surface area (TPSA) is 81.4 Å². The molecule has 33 heavy (non-hydrogen) atoms. The molecule has 1 aromatic heterocycles. The number of benzene rings is 1. The largest absolute Gasteiger partial charge is 0.468 e. The highest BCUT2D eigenvalue weighted by atomic mass is 35.5. The van der Waals surface area contributed by atoms with Gasteiger partial charge in [-0.05, 0) is 48.9 Å². The van der Waals surface area contributed by atoms with Crippen molar-refractivity contribution in [1.29, 1.82) is 0 Å². The van der Waals surface area contributed by atoms with Crippen LogP contribution in [0.15, 0.2) is 30.5 Å². The first-order chi connectivity index (χ1) is 15.6. The molecular weight excluding hydrogens is 480 g/mol. The lowest BCUT2D eigenvalue weighted by atomic mass is 9.83. The van der Waals surface area contributed by atoms with E-state index in [1.54, 1.807) is 6.07 Å². The summed E-state index contributed by atoms with van der Waals surface area (Å²) in [4.78, 5) is 17.0. The molecule has 5 nitrogen and oxygen atoms in total. The minimum absolute atomic E-state index is 0.0372. The standard InChI is InChI=1S/C23H23Cl2F3N2O3/c24-16-6-5-12(8-17(16)25)15-7-14(10-29-22(15)33-11-23(26,27)28)21(32)20-18(30-20)9-13-3-1-2-4-19(13)31/h5-8,10,13,18-20,30-31H,1-4,9,11H2/t13-,18?,19-,20?/m1/s1. The second-order valence-corrected chi connectivity index (χ2v) is 9.39. The number of pyridine rings is 1. The van der Waals surface area contributed by atoms with Crippen molar-refractivity contribution in [2.45, 2.75) is 56.5 Å². The summed E-state index contributed by atoms with van der Waals surface area (Å²) in [7, 11) is 0. The van der Waals surface area contributed by atoms with Crippen molar-refractivity contribution in [3.05, 3.63) is 46.1 Å². The predicted molar refractivity (Wildman–Crippen MR) is 119 cm³/mol. The summed E-state index contributed by atoms with van der Waals surface area (Å²) in [6.45, 7) is -1.52. The number of rotatable bonds is 7. The van der Waals surface area contributed by atoms with E-state index in [1.807, 2.05) is 0 Å². The molecule has 2 heterocycles. The molecule has 178 valence electrons. The number of aliphatic hydroxyl groups excluding tert-OH is 1. The van der Waals surface area contributed by atoms with Gasteiger partial charge in [-0.1, -0.05) is 42.1 Å². The Hall–Kier alpha value is -1.87. The number of aromatic nitrogens is 1. The predicted octanol–water partition coefficient (Wildman–Crippen LogP) is 5.46. The Morgan fingerprint density at radius 2 is 1.94 bits per heavy atom. The molecule has 2 N–H and O–H groups in total. The Balaban J connectivity index is 1.55. The summed E-state index contributed by atoms with van der Waals surface area (Å²) in [6.07, 6.45) is 0.859. The van der Waals surface area contributed by atoms with Crippen LogP contribution in [0.4, 0.5) is 13.2 Å². The van der Waals surface area contributed by atoms with Gasteiger partial charge in [-0.3, -0.25) is 4.79 Å². The highest BCUT2D eigenvalue weighted by Crippen LogP contribution is 2.36. The van der Waals surface area contributed by atoms with Crippen LogP contribution in [0.5, 0.6) is 5.88 Å². The fourth-order valence-corrected chi connectivity index (χ4v) is 4.63. The number of halogens is 5. The maximum atomic E-state index is 13.0. The summed E-state index contributed by atoms with van der Waals surface area (Å²) in [5.74, 6) is -0.300.